The van der Waals surface area contributed by atoms with Gasteiger partial charge in [0.15, 0.2) is 0 Å². The van der Waals surface area contributed by atoms with Crippen LogP contribution >= 0.6 is 45.3 Å². The Kier molecular flexibility index (Phi) is 5.63. The molecule has 0 radical (unpaired) electrons. The van der Waals surface area contributed by atoms with Crippen LogP contribution < -0.4 is 9.80 Å². The largest absolute Gasteiger partial charge is 0.292 e. The van der Waals surface area contributed by atoms with Gasteiger partial charge >= 0.3 is 0 Å². The van der Waals surface area contributed by atoms with Crippen LogP contribution in [-0.2, 0) is 0 Å². The first kappa shape index (κ1) is 24.0. The van der Waals surface area contributed by atoms with E-state index in [0.29, 0.717) is 10.8 Å². The lowest BCUT2D eigenvalue weighted by molar-refractivity contribution is 0.639. The van der Waals surface area contributed by atoms with E-state index >= 15 is 8.78 Å². The topological polar surface area (TPSA) is 6.48 Å². The van der Waals surface area contributed by atoms with Crippen molar-refractivity contribution in [2.45, 2.75) is 0 Å². The lowest BCUT2D eigenvalue weighted by Gasteiger charge is -2.27. The predicted octanol–water partition coefficient (Wildman–Crippen LogP) is 12.0. The highest BCUT2D eigenvalue weighted by Gasteiger charge is 2.25. The fourth-order valence-electron chi connectivity index (χ4n) is 5.52. The second-order valence-electron chi connectivity index (χ2n) is 9.30. The molecule has 0 aliphatic carbocycles. The van der Waals surface area contributed by atoms with Crippen LogP contribution in [0.25, 0.3) is 32.3 Å². The standard InChI is InChI=1S/C32H18F2N2S4/c33-23-17-25(35(27-5-1-13-37-27)28-6-2-14-38-28)21-11-9-20-24(34)18-26(22-12-10-19(23)31(21)32(20)22)36(29-7-3-15-39-29)30-8-4-16-40-30/h1-18H. The first-order valence-corrected chi connectivity index (χ1v) is 16.0. The Morgan fingerprint density at radius 3 is 1.05 bits per heavy atom. The predicted molar refractivity (Wildman–Crippen MR) is 171 cm³/mol. The fraction of sp³-hybridized carbons (Fsp3) is 0. The van der Waals surface area contributed by atoms with E-state index in [1.807, 2.05) is 94.3 Å². The van der Waals surface area contributed by atoms with E-state index in [9.17, 15) is 0 Å². The van der Waals surface area contributed by atoms with Crippen LogP contribution in [0.5, 0.6) is 0 Å². The number of nitrogens with zero attached hydrogens (tertiary/aromatic N) is 2. The summed E-state index contributed by atoms with van der Waals surface area (Å²) in [6.45, 7) is 0. The van der Waals surface area contributed by atoms with Crippen LogP contribution in [0.4, 0.5) is 40.2 Å². The maximum absolute atomic E-state index is 16.0. The second kappa shape index (κ2) is 9.38. The maximum atomic E-state index is 16.0. The molecule has 0 spiro atoms. The third-order valence-corrected chi connectivity index (χ3v) is 10.6. The Morgan fingerprint density at radius 1 is 0.425 bits per heavy atom. The van der Waals surface area contributed by atoms with Gasteiger partial charge in [0.2, 0.25) is 0 Å². The van der Waals surface area contributed by atoms with Crippen molar-refractivity contribution in [3.8, 4) is 0 Å². The minimum atomic E-state index is -0.325. The van der Waals surface area contributed by atoms with E-state index in [1.165, 1.54) is 0 Å². The van der Waals surface area contributed by atoms with Gasteiger partial charge in [0.1, 0.15) is 31.6 Å². The van der Waals surface area contributed by atoms with Gasteiger partial charge < -0.3 is 0 Å². The second-order valence-corrected chi connectivity index (χ2v) is 13.0. The van der Waals surface area contributed by atoms with Crippen molar-refractivity contribution in [1.29, 1.82) is 0 Å². The summed E-state index contributed by atoms with van der Waals surface area (Å²) in [4.78, 5) is 4.20. The summed E-state index contributed by atoms with van der Waals surface area (Å²) in [5, 5.41) is 16.3. The molecule has 0 saturated heterocycles. The molecule has 8 aromatic rings. The number of halogens is 2. The van der Waals surface area contributed by atoms with Crippen molar-refractivity contribution in [2.24, 2.45) is 0 Å². The normalized spacial score (nSPS) is 11.8. The molecule has 0 aliphatic heterocycles. The van der Waals surface area contributed by atoms with Gasteiger partial charge in [-0.2, -0.15) is 0 Å². The summed E-state index contributed by atoms with van der Waals surface area (Å²) in [5.41, 5.74) is 1.48. The average molecular weight is 597 g/mol. The van der Waals surface area contributed by atoms with E-state index < -0.39 is 0 Å². The summed E-state index contributed by atoms with van der Waals surface area (Å²) in [6, 6.07) is 26.9. The highest BCUT2D eigenvalue weighted by molar-refractivity contribution is 7.17. The molecule has 0 saturated carbocycles. The molecule has 0 amide bonds. The smallest absolute Gasteiger partial charge is 0.133 e. The molecule has 0 aliphatic rings. The summed E-state index contributed by atoms with van der Waals surface area (Å²) >= 11 is 6.40. The Balaban J connectivity index is 1.48. The lowest BCUT2D eigenvalue weighted by atomic mass is 9.91. The zero-order valence-corrected chi connectivity index (χ0v) is 23.9. The molecule has 8 heteroatoms. The summed E-state index contributed by atoms with van der Waals surface area (Å²) in [5.74, 6) is -0.650. The van der Waals surface area contributed by atoms with Gasteiger partial charge in [-0.05, 0) is 82.2 Å². The number of hydrogen-bond acceptors (Lipinski definition) is 6. The lowest BCUT2D eigenvalue weighted by Crippen LogP contribution is -2.09. The van der Waals surface area contributed by atoms with Gasteiger partial charge in [0, 0.05) is 32.3 Å². The fourth-order valence-corrected chi connectivity index (χ4v) is 8.66. The Hall–Kier alpha value is -3.82. The number of benzene rings is 4. The summed E-state index contributed by atoms with van der Waals surface area (Å²) < 4.78 is 32.0. The monoisotopic (exact) mass is 596 g/mol. The molecule has 0 bridgehead atoms. The summed E-state index contributed by atoms with van der Waals surface area (Å²) in [7, 11) is 0. The minimum Gasteiger partial charge on any atom is -0.292 e. The Morgan fingerprint density at radius 2 is 0.750 bits per heavy atom. The first-order valence-electron chi connectivity index (χ1n) is 12.5. The van der Waals surface area contributed by atoms with Crippen molar-refractivity contribution < 1.29 is 8.78 Å². The minimum absolute atomic E-state index is 0.325. The Bertz CT molecular complexity index is 1860. The van der Waals surface area contributed by atoms with Crippen LogP contribution in [0.3, 0.4) is 0 Å². The van der Waals surface area contributed by atoms with Crippen LogP contribution in [-0.4, -0.2) is 0 Å². The van der Waals surface area contributed by atoms with E-state index in [4.69, 9.17) is 0 Å². The molecule has 4 heterocycles. The first-order chi connectivity index (χ1) is 19.7. The summed E-state index contributed by atoms with van der Waals surface area (Å²) in [6.07, 6.45) is 0. The van der Waals surface area contributed by atoms with Gasteiger partial charge in [-0.15, -0.1) is 45.3 Å². The van der Waals surface area contributed by atoms with Gasteiger partial charge in [-0.3, -0.25) is 9.80 Å². The highest BCUT2D eigenvalue weighted by Crippen LogP contribution is 2.50. The Labute approximate surface area is 244 Å². The molecule has 0 fully saturated rings. The average Bonchev–Trinajstić information content (AvgIpc) is 3.80. The number of rotatable bonds is 6. The molecule has 0 atom stereocenters. The van der Waals surface area contributed by atoms with Gasteiger partial charge in [-0.1, -0.05) is 24.3 Å². The zero-order valence-electron chi connectivity index (χ0n) is 20.7. The van der Waals surface area contributed by atoms with Crippen molar-refractivity contribution in [3.63, 3.8) is 0 Å². The SMILES string of the molecule is Fc1cc(N(c2cccs2)c2cccs2)c2ccc3c(F)cc(N(c4cccs4)c4cccs4)c4ccc1c2c34. The van der Waals surface area contributed by atoms with Crippen LogP contribution in [0.1, 0.15) is 0 Å². The third kappa shape index (κ3) is 3.60. The molecule has 0 unspecified atom stereocenters. The van der Waals surface area contributed by atoms with Gasteiger partial charge in [0.25, 0.3) is 0 Å². The van der Waals surface area contributed by atoms with E-state index in [2.05, 4.69) is 9.80 Å². The molecule has 0 N–H and O–H groups in total. The van der Waals surface area contributed by atoms with E-state index in [-0.39, 0.29) is 11.6 Å². The maximum Gasteiger partial charge on any atom is 0.133 e. The molecule has 2 nitrogen and oxygen atoms in total. The zero-order chi connectivity index (χ0) is 26.8. The van der Waals surface area contributed by atoms with Crippen molar-refractivity contribution in [1.82, 2.24) is 0 Å². The molecule has 40 heavy (non-hydrogen) atoms. The quantitative estimate of drug-likeness (QED) is 0.176. The number of thiophene rings is 4. The molecule has 8 rings (SSSR count). The van der Waals surface area contributed by atoms with Crippen LogP contribution in [0.2, 0.25) is 0 Å². The molecule has 194 valence electrons. The highest BCUT2D eigenvalue weighted by atomic mass is 32.1. The van der Waals surface area contributed by atoms with Crippen molar-refractivity contribution >= 4 is 109 Å². The van der Waals surface area contributed by atoms with Crippen molar-refractivity contribution in [3.05, 3.63) is 118 Å². The van der Waals surface area contributed by atoms with Gasteiger partial charge in [0.05, 0.1) is 11.4 Å². The number of hydrogen-bond donors (Lipinski definition) is 0. The van der Waals surface area contributed by atoms with Crippen LogP contribution in [0.15, 0.2) is 106 Å². The third-order valence-electron chi connectivity index (χ3n) is 7.14. The molecule has 4 aromatic carbocycles. The number of anilines is 6. The van der Waals surface area contributed by atoms with Gasteiger partial charge in [-0.25, -0.2) is 8.78 Å². The van der Waals surface area contributed by atoms with Crippen molar-refractivity contribution in [2.75, 3.05) is 9.80 Å². The molecule has 4 aromatic heterocycles. The molecular formula is C32H18F2N2S4. The van der Waals surface area contributed by atoms with E-state index in [0.717, 1.165) is 52.9 Å². The van der Waals surface area contributed by atoms with Crippen LogP contribution in [0, 0.1) is 11.6 Å². The molecular weight excluding hydrogens is 579 g/mol. The van der Waals surface area contributed by atoms with E-state index in [1.54, 1.807) is 57.5 Å².